The second-order valence-electron chi connectivity index (χ2n) is 5.82. The molecule has 0 spiro atoms. The summed E-state index contributed by atoms with van der Waals surface area (Å²) in [6, 6.07) is 15.3. The smallest absolute Gasteiger partial charge is 0.323 e. The highest BCUT2D eigenvalue weighted by molar-refractivity contribution is 6.04. The van der Waals surface area contributed by atoms with Crippen LogP contribution in [0.4, 0.5) is 10.1 Å². The number of nitrogens with zero attached hydrogens (tertiary/aromatic N) is 1. The van der Waals surface area contributed by atoms with Crippen LogP contribution in [0.15, 0.2) is 71.7 Å². The Morgan fingerprint density at radius 2 is 1.70 bits per heavy atom. The average molecular weight is 366 g/mol. The number of aromatic nitrogens is 1. The summed E-state index contributed by atoms with van der Waals surface area (Å²) in [5, 5.41) is 11.5. The van der Waals surface area contributed by atoms with Crippen molar-refractivity contribution in [2.45, 2.75) is 6.54 Å². The van der Waals surface area contributed by atoms with E-state index in [1.54, 1.807) is 36.4 Å². The Hall–Kier alpha value is -3.74. The largest absolute Gasteiger partial charge is 0.480 e. The number of anilines is 1. The molecule has 1 heterocycles. The van der Waals surface area contributed by atoms with Crippen molar-refractivity contribution in [1.82, 2.24) is 4.57 Å². The van der Waals surface area contributed by atoms with Crippen molar-refractivity contribution < 1.29 is 19.1 Å². The molecule has 1 amide bonds. The van der Waals surface area contributed by atoms with Crippen molar-refractivity contribution in [2.75, 3.05) is 5.32 Å². The van der Waals surface area contributed by atoms with Gasteiger partial charge in [-0.3, -0.25) is 14.4 Å². The second-order valence-corrected chi connectivity index (χ2v) is 5.82. The number of halogens is 1. The number of carbonyl (C=O) groups is 2. The van der Waals surface area contributed by atoms with Crippen LogP contribution in [0.3, 0.4) is 0 Å². The summed E-state index contributed by atoms with van der Waals surface area (Å²) in [5.74, 6) is -1.97. The van der Waals surface area contributed by atoms with Crippen molar-refractivity contribution in [2.24, 2.45) is 0 Å². The number of carbonyl (C=O) groups excluding carboxylic acids is 1. The lowest BCUT2D eigenvalue weighted by atomic mass is 10.0. The van der Waals surface area contributed by atoms with Gasteiger partial charge in [0.25, 0.3) is 11.5 Å². The molecule has 2 aromatic carbocycles. The number of hydrogen-bond donors (Lipinski definition) is 2. The van der Waals surface area contributed by atoms with Gasteiger partial charge in [0.15, 0.2) is 0 Å². The van der Waals surface area contributed by atoms with Gasteiger partial charge in [0.1, 0.15) is 12.4 Å². The van der Waals surface area contributed by atoms with Crippen molar-refractivity contribution in [3.05, 3.63) is 88.6 Å². The van der Waals surface area contributed by atoms with Crippen molar-refractivity contribution in [1.29, 1.82) is 0 Å². The fraction of sp³-hybridized carbons (Fsp3) is 0.0500. The molecule has 0 aliphatic rings. The maximum Gasteiger partial charge on any atom is 0.323 e. The molecule has 0 aliphatic heterocycles. The van der Waals surface area contributed by atoms with E-state index in [1.165, 1.54) is 30.5 Å². The first kappa shape index (κ1) is 18.1. The van der Waals surface area contributed by atoms with E-state index in [2.05, 4.69) is 5.32 Å². The summed E-state index contributed by atoms with van der Waals surface area (Å²) in [4.78, 5) is 34.9. The topological polar surface area (TPSA) is 88.4 Å². The Bertz CT molecular complexity index is 1080. The molecule has 0 fully saturated rings. The zero-order chi connectivity index (χ0) is 19.4. The molecule has 27 heavy (non-hydrogen) atoms. The van der Waals surface area contributed by atoms with E-state index >= 15 is 0 Å². The molecular formula is C20H15FN2O4. The summed E-state index contributed by atoms with van der Waals surface area (Å²) < 4.78 is 14.4. The van der Waals surface area contributed by atoms with Crippen molar-refractivity contribution >= 4 is 17.6 Å². The van der Waals surface area contributed by atoms with Gasteiger partial charge >= 0.3 is 5.97 Å². The highest BCUT2D eigenvalue weighted by atomic mass is 19.1. The van der Waals surface area contributed by atoms with E-state index in [4.69, 9.17) is 5.11 Å². The highest BCUT2D eigenvalue weighted by Gasteiger charge is 2.10. The van der Waals surface area contributed by atoms with Gasteiger partial charge in [-0.2, -0.15) is 0 Å². The molecule has 1 aromatic heterocycles. The average Bonchev–Trinajstić information content (AvgIpc) is 2.64. The molecule has 6 nitrogen and oxygen atoms in total. The first-order valence-electron chi connectivity index (χ1n) is 8.02. The third kappa shape index (κ3) is 4.46. The monoisotopic (exact) mass is 366 g/mol. The van der Waals surface area contributed by atoms with E-state index in [-0.39, 0.29) is 11.5 Å². The molecule has 0 saturated carbocycles. The standard InChI is InChI=1S/C20H15FN2O4/c21-16-6-2-4-14(10-16)13-3-1-5-15(9-13)20(27)22-17-7-8-18(24)23(11-17)12-19(25)26/h1-11H,12H2,(H,22,27)(H,25,26). The molecule has 0 unspecified atom stereocenters. The predicted octanol–water partition coefficient (Wildman–Crippen LogP) is 2.99. The molecule has 3 rings (SSSR count). The van der Waals surface area contributed by atoms with Crippen LogP contribution in [-0.4, -0.2) is 21.6 Å². The highest BCUT2D eigenvalue weighted by Crippen LogP contribution is 2.21. The van der Waals surface area contributed by atoms with Crippen LogP contribution in [0, 0.1) is 5.82 Å². The molecule has 2 N–H and O–H groups in total. The number of pyridine rings is 1. The zero-order valence-electron chi connectivity index (χ0n) is 14.1. The molecule has 0 atom stereocenters. The van der Waals surface area contributed by atoms with Crippen LogP contribution in [0.2, 0.25) is 0 Å². The number of amides is 1. The van der Waals surface area contributed by atoms with Gasteiger partial charge in [0.05, 0.1) is 5.69 Å². The first-order chi connectivity index (χ1) is 12.9. The number of carboxylic acid groups (broad SMARTS) is 1. The molecular weight excluding hydrogens is 351 g/mol. The predicted molar refractivity (Wildman–Crippen MR) is 98.1 cm³/mol. The number of rotatable bonds is 5. The van der Waals surface area contributed by atoms with Gasteiger partial charge in [0.2, 0.25) is 0 Å². The van der Waals surface area contributed by atoms with Gasteiger partial charge in [-0.15, -0.1) is 0 Å². The Labute approximate surface area is 153 Å². The second kappa shape index (κ2) is 7.65. The third-order valence-corrected chi connectivity index (χ3v) is 3.83. The third-order valence-electron chi connectivity index (χ3n) is 3.83. The van der Waals surface area contributed by atoms with E-state index < -0.39 is 24.0 Å². The van der Waals surface area contributed by atoms with Crippen LogP contribution in [-0.2, 0) is 11.3 Å². The molecule has 3 aromatic rings. The maximum atomic E-state index is 13.4. The SMILES string of the molecule is O=C(O)Cn1cc(NC(=O)c2cccc(-c3cccc(F)c3)c2)ccc1=O. The minimum Gasteiger partial charge on any atom is -0.480 e. The van der Waals surface area contributed by atoms with Crippen LogP contribution < -0.4 is 10.9 Å². The maximum absolute atomic E-state index is 13.4. The summed E-state index contributed by atoms with van der Waals surface area (Å²) in [6.45, 7) is -0.502. The minimum atomic E-state index is -1.16. The summed E-state index contributed by atoms with van der Waals surface area (Å²) in [7, 11) is 0. The van der Waals surface area contributed by atoms with Crippen LogP contribution in [0.25, 0.3) is 11.1 Å². The lowest BCUT2D eigenvalue weighted by Crippen LogP contribution is -2.24. The molecule has 7 heteroatoms. The van der Waals surface area contributed by atoms with Crippen LogP contribution in [0.5, 0.6) is 0 Å². The van der Waals surface area contributed by atoms with E-state index in [0.29, 0.717) is 16.7 Å². The van der Waals surface area contributed by atoms with Crippen molar-refractivity contribution in [3.8, 4) is 11.1 Å². The van der Waals surface area contributed by atoms with Gasteiger partial charge in [-0.05, 0) is 41.5 Å². The first-order valence-corrected chi connectivity index (χ1v) is 8.02. The normalized spacial score (nSPS) is 10.4. The number of hydrogen-bond acceptors (Lipinski definition) is 3. The summed E-state index contributed by atoms with van der Waals surface area (Å²) >= 11 is 0. The minimum absolute atomic E-state index is 0.289. The quantitative estimate of drug-likeness (QED) is 0.727. The number of benzene rings is 2. The Balaban J connectivity index is 1.84. The fourth-order valence-electron chi connectivity index (χ4n) is 2.59. The van der Waals surface area contributed by atoms with Crippen LogP contribution in [0.1, 0.15) is 10.4 Å². The van der Waals surface area contributed by atoms with Gasteiger partial charge < -0.3 is 15.0 Å². The lowest BCUT2D eigenvalue weighted by Gasteiger charge is -2.09. The van der Waals surface area contributed by atoms with E-state index in [0.717, 1.165) is 4.57 Å². The van der Waals surface area contributed by atoms with E-state index in [1.807, 2.05) is 0 Å². The summed E-state index contributed by atoms with van der Waals surface area (Å²) in [5.41, 5.74) is 1.46. The Morgan fingerprint density at radius 1 is 1.00 bits per heavy atom. The molecule has 0 aliphatic carbocycles. The molecule has 0 radical (unpaired) electrons. The Morgan fingerprint density at radius 3 is 2.41 bits per heavy atom. The van der Waals surface area contributed by atoms with Crippen molar-refractivity contribution in [3.63, 3.8) is 0 Å². The molecule has 0 bridgehead atoms. The molecule has 0 saturated heterocycles. The fourth-order valence-corrected chi connectivity index (χ4v) is 2.59. The van der Waals surface area contributed by atoms with E-state index in [9.17, 15) is 18.8 Å². The van der Waals surface area contributed by atoms with Gasteiger partial charge in [0, 0.05) is 17.8 Å². The number of aliphatic carboxylic acids is 1. The zero-order valence-corrected chi connectivity index (χ0v) is 14.1. The Kier molecular flexibility index (Phi) is 5.12. The number of carboxylic acids is 1. The number of nitrogens with one attached hydrogen (secondary N) is 1. The molecule has 136 valence electrons. The van der Waals surface area contributed by atoms with Gasteiger partial charge in [-0.25, -0.2) is 4.39 Å². The summed E-state index contributed by atoms with van der Waals surface area (Å²) in [6.07, 6.45) is 1.27. The van der Waals surface area contributed by atoms with Crippen LogP contribution >= 0.6 is 0 Å². The lowest BCUT2D eigenvalue weighted by molar-refractivity contribution is -0.137. The van der Waals surface area contributed by atoms with Gasteiger partial charge in [-0.1, -0.05) is 24.3 Å².